The van der Waals surface area contributed by atoms with Crippen LogP contribution in [0.4, 0.5) is 0 Å². The van der Waals surface area contributed by atoms with Crippen LogP contribution in [0.3, 0.4) is 0 Å². The zero-order valence-corrected chi connectivity index (χ0v) is 27.7. The van der Waals surface area contributed by atoms with E-state index in [0.29, 0.717) is 0 Å². The molecule has 0 nitrogen and oxygen atoms in total. The van der Waals surface area contributed by atoms with E-state index in [4.69, 9.17) is 0 Å². The van der Waals surface area contributed by atoms with Gasteiger partial charge in [-0.2, -0.15) is 0 Å². The summed E-state index contributed by atoms with van der Waals surface area (Å²) >= 11 is 0. The molecule has 2 aliphatic rings. The minimum atomic E-state index is -1.86. The van der Waals surface area contributed by atoms with Crippen LogP contribution < -0.4 is 0 Å². The Hall–Kier alpha value is -3.42. The summed E-state index contributed by atoms with van der Waals surface area (Å²) in [4.78, 5) is 0. The Bertz CT molecular complexity index is 1640. The van der Waals surface area contributed by atoms with E-state index in [1.54, 1.807) is 10.4 Å². The lowest BCUT2D eigenvalue weighted by atomic mass is 9.87. The molecule has 0 bridgehead atoms. The van der Waals surface area contributed by atoms with Gasteiger partial charge in [-0.3, -0.25) is 0 Å². The minimum Gasteiger partial charge on any atom is -0.0714 e. The van der Waals surface area contributed by atoms with Crippen molar-refractivity contribution in [2.45, 2.75) is 81.3 Å². The zero-order valence-electron chi connectivity index (χ0n) is 26.7. The van der Waals surface area contributed by atoms with Crippen LogP contribution >= 0.6 is 0 Å². The third-order valence-electron chi connectivity index (χ3n) is 10.7. The van der Waals surface area contributed by atoms with Gasteiger partial charge in [0.25, 0.3) is 0 Å². The van der Waals surface area contributed by atoms with Gasteiger partial charge in [-0.25, -0.2) is 0 Å². The molecule has 4 aromatic rings. The first-order valence-corrected chi connectivity index (χ1v) is 18.2. The lowest BCUT2D eigenvalue weighted by molar-refractivity contribution is 1.21. The fourth-order valence-corrected chi connectivity index (χ4v) is 10.1. The molecular formula is C40H44Si. The largest absolute Gasteiger partial charge is 0.103 e. The van der Waals surface area contributed by atoms with Crippen LogP contribution in [0, 0.1) is 55.4 Å². The normalized spacial score (nSPS) is 14.2. The molecule has 0 N–H and O–H groups in total. The second-order valence-corrected chi connectivity index (χ2v) is 17.9. The number of hydrogen-bond acceptors (Lipinski definition) is 0. The maximum atomic E-state index is 2.59. The predicted octanol–water partition coefficient (Wildman–Crippen LogP) is 10.9. The Morgan fingerprint density at radius 1 is 0.488 bits per heavy atom. The Balaban J connectivity index is 1.44. The molecule has 0 unspecified atom stereocenters. The summed E-state index contributed by atoms with van der Waals surface area (Å²) in [5.41, 5.74) is 22.8. The van der Waals surface area contributed by atoms with E-state index in [2.05, 4.69) is 129 Å². The van der Waals surface area contributed by atoms with Crippen molar-refractivity contribution in [3.05, 3.63) is 126 Å². The monoisotopic (exact) mass is 552 g/mol. The van der Waals surface area contributed by atoms with Crippen LogP contribution in [-0.2, 0) is 12.8 Å². The molecule has 0 spiro atoms. The molecule has 0 fully saturated rings. The van der Waals surface area contributed by atoms with Gasteiger partial charge in [0.1, 0.15) is 8.07 Å². The van der Waals surface area contributed by atoms with Crippen molar-refractivity contribution >= 4 is 20.2 Å². The highest BCUT2D eigenvalue weighted by atomic mass is 28.3. The lowest BCUT2D eigenvalue weighted by Gasteiger charge is -2.26. The highest BCUT2D eigenvalue weighted by Gasteiger charge is 2.36. The van der Waals surface area contributed by atoms with Crippen LogP contribution in [0.5, 0.6) is 0 Å². The van der Waals surface area contributed by atoms with Crippen molar-refractivity contribution in [1.29, 1.82) is 0 Å². The summed E-state index contributed by atoms with van der Waals surface area (Å²) in [7, 11) is -1.86. The summed E-state index contributed by atoms with van der Waals surface area (Å²) < 4.78 is 0. The molecule has 4 aromatic carbocycles. The van der Waals surface area contributed by atoms with E-state index in [-0.39, 0.29) is 0 Å². The van der Waals surface area contributed by atoms with Gasteiger partial charge in [0, 0.05) is 0 Å². The highest BCUT2D eigenvalue weighted by Crippen LogP contribution is 2.45. The number of rotatable bonds is 4. The molecule has 0 heterocycles. The molecule has 6 rings (SSSR count). The third kappa shape index (κ3) is 4.32. The van der Waals surface area contributed by atoms with E-state index in [1.807, 2.05) is 0 Å². The summed E-state index contributed by atoms with van der Waals surface area (Å²) in [6.45, 7) is 23.4. The quantitative estimate of drug-likeness (QED) is 0.221. The number of hydrogen-bond donors (Lipinski definition) is 0. The van der Waals surface area contributed by atoms with E-state index in [9.17, 15) is 0 Å². The maximum absolute atomic E-state index is 2.59. The Morgan fingerprint density at radius 3 is 1.17 bits per heavy atom. The van der Waals surface area contributed by atoms with Crippen molar-refractivity contribution in [3.63, 3.8) is 0 Å². The number of fused-ring (bicyclic) bond motifs is 2. The molecular weight excluding hydrogens is 509 g/mol. The van der Waals surface area contributed by atoms with E-state index in [0.717, 1.165) is 12.8 Å². The first-order valence-electron chi connectivity index (χ1n) is 15.2. The van der Waals surface area contributed by atoms with E-state index in [1.165, 1.54) is 89.0 Å². The van der Waals surface area contributed by atoms with Gasteiger partial charge in [-0.15, -0.1) is 0 Å². The van der Waals surface area contributed by atoms with Gasteiger partial charge in [0.15, 0.2) is 0 Å². The van der Waals surface area contributed by atoms with Crippen LogP contribution in [0.1, 0.15) is 66.8 Å². The van der Waals surface area contributed by atoms with Crippen LogP contribution in [0.15, 0.2) is 58.9 Å². The Morgan fingerprint density at radius 2 is 0.829 bits per heavy atom. The van der Waals surface area contributed by atoms with Crippen LogP contribution in [0.2, 0.25) is 13.1 Å². The molecule has 0 aliphatic heterocycles. The van der Waals surface area contributed by atoms with Crippen LogP contribution in [0.25, 0.3) is 34.4 Å². The molecule has 0 saturated heterocycles. The maximum Gasteiger partial charge on any atom is 0.103 e. The lowest BCUT2D eigenvalue weighted by Crippen LogP contribution is -2.32. The average molecular weight is 553 g/mol. The minimum absolute atomic E-state index is 1.08. The topological polar surface area (TPSA) is 0 Å². The first-order chi connectivity index (χ1) is 19.4. The second kappa shape index (κ2) is 9.84. The predicted molar refractivity (Wildman–Crippen MR) is 182 cm³/mol. The van der Waals surface area contributed by atoms with Gasteiger partial charge < -0.3 is 0 Å². The molecule has 2 aliphatic carbocycles. The van der Waals surface area contributed by atoms with Gasteiger partial charge in [0.05, 0.1) is 0 Å². The van der Waals surface area contributed by atoms with Crippen LogP contribution in [-0.4, -0.2) is 8.07 Å². The average Bonchev–Trinajstić information content (AvgIpc) is 3.58. The first kappa shape index (κ1) is 27.7. The van der Waals surface area contributed by atoms with Gasteiger partial charge in [0.2, 0.25) is 0 Å². The molecule has 0 saturated carbocycles. The van der Waals surface area contributed by atoms with Gasteiger partial charge in [-0.1, -0.05) is 84.2 Å². The molecule has 0 radical (unpaired) electrons. The summed E-state index contributed by atoms with van der Waals surface area (Å²) in [6.07, 6.45) is 7.36. The molecule has 0 aromatic heterocycles. The van der Waals surface area contributed by atoms with Crippen molar-refractivity contribution in [2.75, 3.05) is 0 Å². The second-order valence-electron chi connectivity index (χ2n) is 13.3. The van der Waals surface area contributed by atoms with Gasteiger partial charge in [-0.05, 0) is 157 Å². The van der Waals surface area contributed by atoms with Gasteiger partial charge >= 0.3 is 0 Å². The Labute approximate surface area is 248 Å². The standard InChI is InChI=1S/C40H44Si/c1-23-17-24(2)28(6)39(27(23)5)35-15-11-13-31-19-33(21-37(31)35)41(9,10)34-20-32-14-12-16-36(38(32)22-34)40-29(7)25(3)18-26(4)30(40)8/h11-18,21-22H,19-20H2,1-10H3. The fourth-order valence-electron chi connectivity index (χ4n) is 7.42. The number of allylic oxidation sites excluding steroid dienone is 2. The molecule has 208 valence electrons. The molecule has 0 amide bonds. The van der Waals surface area contributed by atoms with Crippen molar-refractivity contribution in [3.8, 4) is 22.3 Å². The summed E-state index contributed by atoms with van der Waals surface area (Å²) in [5, 5.41) is 3.33. The SMILES string of the molecule is Cc1cc(C)c(C)c(-c2cccc3c2C=C([Si](C)(C)C2=Cc4c(cccc4-c4c(C)c(C)cc(C)c4C)C2)C3)c1C. The highest BCUT2D eigenvalue weighted by molar-refractivity contribution is 6.92. The smallest absolute Gasteiger partial charge is 0.0714 e. The van der Waals surface area contributed by atoms with Crippen molar-refractivity contribution in [1.82, 2.24) is 0 Å². The fraction of sp³-hybridized carbons (Fsp3) is 0.300. The summed E-state index contributed by atoms with van der Waals surface area (Å²) in [5.74, 6) is 0. The molecule has 41 heavy (non-hydrogen) atoms. The van der Waals surface area contributed by atoms with E-state index >= 15 is 0 Å². The van der Waals surface area contributed by atoms with Crippen molar-refractivity contribution in [2.24, 2.45) is 0 Å². The number of benzene rings is 4. The zero-order chi connectivity index (χ0) is 29.4. The van der Waals surface area contributed by atoms with E-state index < -0.39 is 8.07 Å². The molecule has 1 heteroatoms. The summed E-state index contributed by atoms with van der Waals surface area (Å²) in [6, 6.07) is 18.7. The number of aryl methyl sites for hydroxylation is 4. The Kier molecular flexibility index (Phi) is 6.66. The third-order valence-corrected chi connectivity index (χ3v) is 14.5. The van der Waals surface area contributed by atoms with Crippen molar-refractivity contribution < 1.29 is 0 Å². The molecule has 0 atom stereocenters.